The van der Waals surface area contributed by atoms with Crippen LogP contribution in [0.1, 0.15) is 46.8 Å². The highest BCUT2D eigenvalue weighted by molar-refractivity contribution is 6.13. The van der Waals surface area contributed by atoms with E-state index in [-0.39, 0.29) is 12.2 Å². The molecule has 332 valence electrons. The number of hydrogen-bond acceptors (Lipinski definition) is 1. The van der Waals surface area contributed by atoms with Gasteiger partial charge in [0.15, 0.2) is 0 Å². The van der Waals surface area contributed by atoms with Gasteiger partial charge in [0, 0.05) is 38.8 Å². The SMILES string of the molecule is C1=CCC(c2ccc3c(c2)c2cc(-c4ccc5c(c4)c4cc(-c6ccccc6)ccc4n5-c4ccccc4)ccc2n3-c2cccc(C3[N-]c4ccc5ccccc5c4C(c4ccccc4)N3)c2)C=C1. The molecule has 10 aromatic carbocycles. The van der Waals surface area contributed by atoms with Gasteiger partial charge < -0.3 is 19.8 Å². The third-order valence-corrected chi connectivity index (χ3v) is 14.8. The van der Waals surface area contributed by atoms with Crippen LogP contribution in [0.4, 0.5) is 5.69 Å². The van der Waals surface area contributed by atoms with Crippen molar-refractivity contribution in [1.29, 1.82) is 0 Å². The summed E-state index contributed by atoms with van der Waals surface area (Å²) >= 11 is 0. The molecule has 1 aliphatic carbocycles. The van der Waals surface area contributed by atoms with E-state index in [0.717, 1.165) is 29.0 Å². The largest absolute Gasteiger partial charge is 0.666 e. The first-order valence-corrected chi connectivity index (χ1v) is 24.4. The maximum Gasteiger partial charge on any atom is 0.0562 e. The maximum absolute atomic E-state index is 5.44. The number of benzene rings is 10. The van der Waals surface area contributed by atoms with Crippen LogP contribution in [-0.2, 0) is 0 Å². The van der Waals surface area contributed by atoms with Gasteiger partial charge in [0.2, 0.25) is 0 Å². The molecule has 14 rings (SSSR count). The molecule has 0 saturated carbocycles. The first-order valence-electron chi connectivity index (χ1n) is 24.4. The fourth-order valence-corrected chi connectivity index (χ4v) is 11.5. The second-order valence-corrected chi connectivity index (χ2v) is 18.9. The molecular weight excluding hydrogens is 849 g/mol. The second kappa shape index (κ2) is 16.5. The van der Waals surface area contributed by atoms with Crippen molar-refractivity contribution in [2.24, 2.45) is 0 Å². The minimum absolute atomic E-state index is 0.0257. The van der Waals surface area contributed by atoms with Gasteiger partial charge in [0.05, 0.1) is 28.1 Å². The third kappa shape index (κ3) is 6.71. The van der Waals surface area contributed by atoms with Crippen LogP contribution < -0.4 is 5.32 Å². The summed E-state index contributed by atoms with van der Waals surface area (Å²) in [7, 11) is 0. The van der Waals surface area contributed by atoms with E-state index in [1.165, 1.54) is 93.3 Å². The van der Waals surface area contributed by atoms with Gasteiger partial charge in [0.1, 0.15) is 0 Å². The molecule has 12 aromatic rings. The van der Waals surface area contributed by atoms with E-state index in [1.807, 2.05) is 0 Å². The van der Waals surface area contributed by atoms with Crippen molar-refractivity contribution in [3.05, 3.63) is 276 Å². The molecule has 1 aliphatic heterocycles. The summed E-state index contributed by atoms with van der Waals surface area (Å²) in [6.45, 7) is 0. The average Bonchev–Trinajstić information content (AvgIpc) is 3.95. The van der Waals surface area contributed by atoms with E-state index in [2.05, 4.69) is 263 Å². The molecular formula is C66H47N4-. The van der Waals surface area contributed by atoms with Crippen molar-refractivity contribution in [3.63, 3.8) is 0 Å². The first-order chi connectivity index (χ1) is 34.7. The number of hydrogen-bond donors (Lipinski definition) is 1. The zero-order valence-corrected chi connectivity index (χ0v) is 38.5. The Bertz CT molecular complexity index is 4050. The Hall–Kier alpha value is -8.70. The van der Waals surface area contributed by atoms with Crippen molar-refractivity contribution < 1.29 is 0 Å². The molecule has 0 bridgehead atoms. The molecule has 0 fully saturated rings. The summed E-state index contributed by atoms with van der Waals surface area (Å²) in [5, 5.41) is 16.9. The zero-order chi connectivity index (χ0) is 46.1. The fraction of sp³-hybridized carbons (Fsp3) is 0.0606. The van der Waals surface area contributed by atoms with Crippen LogP contribution in [0.5, 0.6) is 0 Å². The molecule has 0 spiro atoms. The summed E-state index contributed by atoms with van der Waals surface area (Å²) in [4.78, 5) is 0. The van der Waals surface area contributed by atoms with Gasteiger partial charge in [-0.15, -0.1) is 5.69 Å². The van der Waals surface area contributed by atoms with Crippen molar-refractivity contribution in [2.45, 2.75) is 24.5 Å². The average molecular weight is 896 g/mol. The highest BCUT2D eigenvalue weighted by Crippen LogP contribution is 2.48. The van der Waals surface area contributed by atoms with Gasteiger partial charge >= 0.3 is 0 Å². The van der Waals surface area contributed by atoms with Gasteiger partial charge in [-0.2, -0.15) is 0 Å². The van der Waals surface area contributed by atoms with Gasteiger partial charge in [-0.05, 0) is 141 Å². The lowest BCUT2D eigenvalue weighted by molar-refractivity contribution is 0.527. The fourth-order valence-electron chi connectivity index (χ4n) is 11.5. The van der Waals surface area contributed by atoms with Crippen molar-refractivity contribution in [3.8, 4) is 33.6 Å². The molecule has 2 aromatic heterocycles. The Kier molecular flexibility index (Phi) is 9.53. The topological polar surface area (TPSA) is 36.0 Å². The van der Waals surface area contributed by atoms with E-state index in [9.17, 15) is 0 Å². The number of nitrogens with zero attached hydrogens (tertiary/aromatic N) is 3. The zero-order valence-electron chi connectivity index (χ0n) is 38.5. The molecule has 0 radical (unpaired) electrons. The lowest BCUT2D eigenvalue weighted by Crippen LogP contribution is -2.30. The van der Waals surface area contributed by atoms with Crippen LogP contribution in [0.3, 0.4) is 0 Å². The van der Waals surface area contributed by atoms with Gasteiger partial charge in [-0.1, -0.05) is 176 Å². The number of para-hydroxylation sites is 1. The Morgan fingerprint density at radius 2 is 0.971 bits per heavy atom. The van der Waals surface area contributed by atoms with Crippen LogP contribution in [-0.4, -0.2) is 9.13 Å². The summed E-state index contributed by atoms with van der Waals surface area (Å²) < 4.78 is 4.86. The van der Waals surface area contributed by atoms with Crippen LogP contribution in [0.2, 0.25) is 0 Å². The summed E-state index contributed by atoms with van der Waals surface area (Å²) in [5.41, 5.74) is 17.8. The van der Waals surface area contributed by atoms with Crippen LogP contribution in [0.25, 0.3) is 93.3 Å². The Morgan fingerprint density at radius 3 is 1.66 bits per heavy atom. The van der Waals surface area contributed by atoms with Crippen LogP contribution in [0, 0.1) is 0 Å². The molecule has 0 amide bonds. The highest BCUT2D eigenvalue weighted by atomic mass is 15.2. The van der Waals surface area contributed by atoms with E-state index in [1.54, 1.807) is 0 Å². The monoisotopic (exact) mass is 895 g/mol. The number of aromatic nitrogens is 2. The molecule has 70 heavy (non-hydrogen) atoms. The molecule has 1 N–H and O–H groups in total. The highest BCUT2D eigenvalue weighted by Gasteiger charge is 2.25. The maximum atomic E-state index is 5.44. The Balaban J connectivity index is 0.915. The van der Waals surface area contributed by atoms with Crippen molar-refractivity contribution in [2.75, 3.05) is 0 Å². The smallest absolute Gasteiger partial charge is 0.0562 e. The molecule has 2 aliphatic rings. The van der Waals surface area contributed by atoms with E-state index < -0.39 is 0 Å². The molecule has 3 unspecified atom stereocenters. The second-order valence-electron chi connectivity index (χ2n) is 18.9. The predicted octanol–water partition coefficient (Wildman–Crippen LogP) is 17.4. The molecule has 3 heterocycles. The van der Waals surface area contributed by atoms with Crippen molar-refractivity contribution in [1.82, 2.24) is 14.5 Å². The molecule has 3 atom stereocenters. The van der Waals surface area contributed by atoms with E-state index >= 15 is 0 Å². The Morgan fingerprint density at radius 1 is 0.400 bits per heavy atom. The van der Waals surface area contributed by atoms with Crippen LogP contribution >= 0.6 is 0 Å². The number of nitrogens with one attached hydrogen (secondary N) is 1. The minimum Gasteiger partial charge on any atom is -0.666 e. The van der Waals surface area contributed by atoms with Gasteiger partial charge in [-0.25, -0.2) is 0 Å². The normalized spacial score (nSPS) is 16.6. The number of allylic oxidation sites excluding steroid dienone is 4. The summed E-state index contributed by atoms with van der Waals surface area (Å²) in [6, 6.07) is 82.4. The van der Waals surface area contributed by atoms with Crippen LogP contribution in [0.15, 0.2) is 249 Å². The van der Waals surface area contributed by atoms with Crippen molar-refractivity contribution >= 4 is 60.1 Å². The predicted molar refractivity (Wildman–Crippen MR) is 293 cm³/mol. The Labute approximate surface area is 407 Å². The minimum atomic E-state index is -0.247. The third-order valence-electron chi connectivity index (χ3n) is 14.8. The first kappa shape index (κ1) is 40.4. The standard InChI is InChI=1S/C66H47N4/c1-5-16-43(17-6-1)47-29-34-60-55(39-47)57-41-49(31-36-61(57)69(60)52-24-11-4-12-25-52)50-32-37-63-58(42-50)56-40-48(44-18-7-2-8-19-44)30-35-62(56)70(63)53-26-15-23-51(38-53)66-67-59-33-28-45-20-13-14-27-54(45)64(59)65(68-66)46-21-9-3-10-22-46/h1-18,20-42,44,65-66,68H,19H2/q-1. The molecule has 4 nitrogen and oxygen atoms in total. The van der Waals surface area contributed by atoms with E-state index in [0.29, 0.717) is 5.92 Å². The van der Waals surface area contributed by atoms with Gasteiger partial charge in [-0.3, -0.25) is 0 Å². The summed E-state index contributed by atoms with van der Waals surface area (Å²) in [5.74, 6) is 0.334. The quantitative estimate of drug-likeness (QED) is 0.170. The number of fused-ring (bicyclic) bond motifs is 9. The molecule has 0 saturated heterocycles. The number of rotatable bonds is 7. The lowest BCUT2D eigenvalue weighted by atomic mass is 9.89. The lowest BCUT2D eigenvalue weighted by Gasteiger charge is -2.46. The van der Waals surface area contributed by atoms with E-state index in [4.69, 9.17) is 5.32 Å². The van der Waals surface area contributed by atoms with Gasteiger partial charge in [0.25, 0.3) is 0 Å². The summed E-state index contributed by atoms with van der Waals surface area (Å²) in [6.07, 6.45) is 9.71. The molecule has 4 heteroatoms.